The molecule has 3 heterocycles. The molecule has 1 atom stereocenters. The summed E-state index contributed by atoms with van der Waals surface area (Å²) in [4.78, 5) is 25.8. The van der Waals surface area contributed by atoms with Gasteiger partial charge in [0.15, 0.2) is 11.5 Å². The lowest BCUT2D eigenvalue weighted by Crippen LogP contribution is -2.56. The fourth-order valence-corrected chi connectivity index (χ4v) is 5.28. The number of rotatable bonds is 10. The SMILES string of the molecule is CCN1c2nc(-c3ccc(OC4CCC4)nc3)n(Cc3ccc(SC(F)(F)F)cc3)c2C(=O)N(CCCO)C1O. The molecule has 1 saturated carbocycles. The molecule has 9 nitrogen and oxygen atoms in total. The average molecular weight is 578 g/mol. The molecule has 1 amide bonds. The summed E-state index contributed by atoms with van der Waals surface area (Å²) in [7, 11) is 0. The molecule has 0 radical (unpaired) electrons. The van der Waals surface area contributed by atoms with Crippen LogP contribution in [-0.4, -0.2) is 73.2 Å². The second-order valence-corrected chi connectivity index (χ2v) is 10.8. The number of imidazole rings is 1. The molecular weight excluding hydrogens is 547 g/mol. The Labute approximate surface area is 233 Å². The molecule has 2 N–H and O–H groups in total. The maximum absolute atomic E-state index is 13.7. The number of ether oxygens (including phenoxy) is 1. The standard InChI is InChI=1S/C27H30F3N5O4S/c1-2-33-24-22(25(37)34(26(33)38)13-4-14-36)35(16-17-7-10-20(11-8-17)40-27(28,29)30)23(32-24)18-9-12-21(31-15-18)39-19-5-3-6-19/h7-12,15,19,26,36,38H,2-6,13-14,16H2,1H3. The molecule has 1 unspecified atom stereocenters. The van der Waals surface area contributed by atoms with Crippen molar-refractivity contribution in [2.75, 3.05) is 24.6 Å². The lowest BCUT2D eigenvalue weighted by atomic mass is 9.96. The summed E-state index contributed by atoms with van der Waals surface area (Å²) < 4.78 is 46.0. The van der Waals surface area contributed by atoms with Crippen molar-refractivity contribution in [1.29, 1.82) is 0 Å². The number of aliphatic hydroxyl groups is 2. The Bertz CT molecular complexity index is 1330. The van der Waals surface area contributed by atoms with Crippen LogP contribution >= 0.6 is 11.8 Å². The highest BCUT2D eigenvalue weighted by Gasteiger charge is 2.41. The average Bonchev–Trinajstić information content (AvgIpc) is 3.26. The van der Waals surface area contributed by atoms with Gasteiger partial charge in [0.2, 0.25) is 12.2 Å². The molecule has 214 valence electrons. The van der Waals surface area contributed by atoms with E-state index in [2.05, 4.69) is 4.98 Å². The number of thioether (sulfide) groups is 1. The van der Waals surface area contributed by atoms with Crippen LogP contribution in [0.1, 0.15) is 48.7 Å². The Hall–Kier alpha value is -3.29. The summed E-state index contributed by atoms with van der Waals surface area (Å²) in [5, 5.41) is 20.3. The molecule has 1 aliphatic carbocycles. The number of halogens is 3. The molecule has 5 rings (SSSR count). The number of pyridine rings is 1. The van der Waals surface area contributed by atoms with Crippen LogP contribution in [0.3, 0.4) is 0 Å². The smallest absolute Gasteiger partial charge is 0.446 e. The Kier molecular flexibility index (Phi) is 8.24. The van der Waals surface area contributed by atoms with Crippen molar-refractivity contribution in [2.45, 2.75) is 62.0 Å². The number of aromatic nitrogens is 3. The number of amides is 1. The van der Waals surface area contributed by atoms with Gasteiger partial charge in [-0.15, -0.1) is 0 Å². The van der Waals surface area contributed by atoms with Gasteiger partial charge in [-0.1, -0.05) is 12.1 Å². The largest absolute Gasteiger partial charge is 0.474 e. The van der Waals surface area contributed by atoms with Gasteiger partial charge in [-0.25, -0.2) is 9.97 Å². The summed E-state index contributed by atoms with van der Waals surface area (Å²) in [5.41, 5.74) is -2.88. The molecule has 1 aromatic carbocycles. The van der Waals surface area contributed by atoms with E-state index in [1.54, 1.807) is 39.9 Å². The minimum Gasteiger partial charge on any atom is -0.474 e. The third-order valence-corrected chi connectivity index (χ3v) is 7.71. The van der Waals surface area contributed by atoms with Crippen LogP contribution < -0.4 is 9.64 Å². The van der Waals surface area contributed by atoms with E-state index >= 15 is 0 Å². The Morgan fingerprint density at radius 1 is 1.12 bits per heavy atom. The predicted octanol–water partition coefficient (Wildman–Crippen LogP) is 4.48. The van der Waals surface area contributed by atoms with Crippen molar-refractivity contribution in [1.82, 2.24) is 19.4 Å². The molecule has 2 aromatic heterocycles. The summed E-state index contributed by atoms with van der Waals surface area (Å²) in [6.07, 6.45) is 3.90. The Morgan fingerprint density at radius 3 is 2.45 bits per heavy atom. The van der Waals surface area contributed by atoms with E-state index in [0.717, 1.165) is 19.3 Å². The molecule has 40 heavy (non-hydrogen) atoms. The molecule has 3 aromatic rings. The zero-order valence-corrected chi connectivity index (χ0v) is 22.7. The summed E-state index contributed by atoms with van der Waals surface area (Å²) >= 11 is -0.192. The van der Waals surface area contributed by atoms with Crippen LogP contribution in [0, 0.1) is 0 Å². The Balaban J connectivity index is 1.54. The zero-order chi connectivity index (χ0) is 28.4. The van der Waals surface area contributed by atoms with Gasteiger partial charge in [0, 0.05) is 49.0 Å². The number of hydrogen-bond donors (Lipinski definition) is 2. The van der Waals surface area contributed by atoms with Gasteiger partial charge in [-0.2, -0.15) is 13.2 Å². The van der Waals surface area contributed by atoms with Gasteiger partial charge < -0.3 is 24.4 Å². The van der Waals surface area contributed by atoms with Gasteiger partial charge in [-0.3, -0.25) is 9.69 Å². The fraction of sp³-hybridized carbons (Fsp3) is 0.444. The highest BCUT2D eigenvalue weighted by molar-refractivity contribution is 8.00. The highest BCUT2D eigenvalue weighted by Crippen LogP contribution is 2.38. The van der Waals surface area contributed by atoms with Crippen molar-refractivity contribution >= 4 is 23.5 Å². The number of carbonyl (C=O) groups is 1. The molecule has 0 saturated heterocycles. The number of benzene rings is 1. The lowest BCUT2D eigenvalue weighted by molar-refractivity contribution is -0.0328. The van der Waals surface area contributed by atoms with E-state index in [1.165, 1.54) is 17.0 Å². The van der Waals surface area contributed by atoms with E-state index in [9.17, 15) is 28.2 Å². The van der Waals surface area contributed by atoms with Gasteiger partial charge in [-0.05, 0) is 68.1 Å². The van der Waals surface area contributed by atoms with Crippen molar-refractivity contribution in [3.05, 3.63) is 53.9 Å². The van der Waals surface area contributed by atoms with Gasteiger partial charge in [0.1, 0.15) is 11.9 Å². The first-order chi connectivity index (χ1) is 19.2. The minimum absolute atomic E-state index is 0.0573. The van der Waals surface area contributed by atoms with Crippen LogP contribution in [0.25, 0.3) is 11.4 Å². The fourth-order valence-electron chi connectivity index (χ4n) is 4.74. The summed E-state index contributed by atoms with van der Waals surface area (Å²) in [5.74, 6) is 0.756. The van der Waals surface area contributed by atoms with Gasteiger partial charge in [0.05, 0.1) is 0 Å². The zero-order valence-electron chi connectivity index (χ0n) is 21.8. The number of fused-ring (bicyclic) bond motifs is 1. The molecule has 1 fully saturated rings. The second-order valence-electron chi connectivity index (χ2n) is 9.65. The van der Waals surface area contributed by atoms with E-state index in [1.807, 2.05) is 6.92 Å². The maximum Gasteiger partial charge on any atom is 0.446 e. The topological polar surface area (TPSA) is 104 Å². The molecule has 1 aliphatic heterocycles. The van der Waals surface area contributed by atoms with Crippen molar-refractivity contribution in [3.8, 4) is 17.3 Å². The number of hydrogen-bond acceptors (Lipinski definition) is 8. The number of alkyl halides is 3. The first-order valence-electron chi connectivity index (χ1n) is 13.1. The van der Waals surface area contributed by atoms with Gasteiger partial charge in [0.25, 0.3) is 5.91 Å². The first kappa shape index (κ1) is 28.2. The Morgan fingerprint density at radius 2 is 1.88 bits per heavy atom. The predicted molar refractivity (Wildman–Crippen MR) is 143 cm³/mol. The summed E-state index contributed by atoms with van der Waals surface area (Å²) in [6.45, 7) is 2.30. The quantitative estimate of drug-likeness (QED) is 0.340. The van der Waals surface area contributed by atoms with Gasteiger partial charge >= 0.3 is 5.51 Å². The molecule has 13 heteroatoms. The van der Waals surface area contributed by atoms with Crippen molar-refractivity contribution in [3.63, 3.8) is 0 Å². The monoisotopic (exact) mass is 577 g/mol. The van der Waals surface area contributed by atoms with Crippen LogP contribution in [0.15, 0.2) is 47.5 Å². The van der Waals surface area contributed by atoms with Crippen LogP contribution in [0.2, 0.25) is 0 Å². The molecular formula is C27H30F3N5O4S. The van der Waals surface area contributed by atoms with Crippen LogP contribution in [0.5, 0.6) is 5.88 Å². The van der Waals surface area contributed by atoms with E-state index in [4.69, 9.17) is 9.72 Å². The number of aliphatic hydroxyl groups excluding tert-OH is 2. The van der Waals surface area contributed by atoms with E-state index in [0.29, 0.717) is 35.2 Å². The third-order valence-electron chi connectivity index (χ3n) is 6.97. The maximum atomic E-state index is 13.7. The normalized spacial score (nSPS) is 17.6. The van der Waals surface area contributed by atoms with Crippen molar-refractivity contribution < 1.29 is 32.9 Å². The third kappa shape index (κ3) is 5.91. The minimum atomic E-state index is -4.39. The van der Waals surface area contributed by atoms with Crippen LogP contribution in [-0.2, 0) is 6.54 Å². The highest BCUT2D eigenvalue weighted by atomic mass is 32.2. The lowest BCUT2D eigenvalue weighted by Gasteiger charge is -2.40. The number of carbonyl (C=O) groups excluding carboxylic acids is 1. The van der Waals surface area contributed by atoms with E-state index < -0.39 is 17.8 Å². The molecule has 2 aliphatic rings. The number of nitrogens with zero attached hydrogens (tertiary/aromatic N) is 5. The first-order valence-corrected chi connectivity index (χ1v) is 13.9. The molecule has 0 bridgehead atoms. The number of anilines is 1. The van der Waals surface area contributed by atoms with Crippen molar-refractivity contribution in [2.24, 2.45) is 0 Å². The van der Waals surface area contributed by atoms with Crippen LogP contribution in [0.4, 0.5) is 19.0 Å². The summed E-state index contributed by atoms with van der Waals surface area (Å²) in [6, 6.07) is 9.50. The molecule has 0 spiro atoms. The van der Waals surface area contributed by atoms with E-state index in [-0.39, 0.29) is 54.6 Å². The second kappa shape index (κ2) is 11.7.